The van der Waals surface area contributed by atoms with Crippen molar-refractivity contribution in [2.75, 3.05) is 51.5 Å². The molecule has 0 spiro atoms. The average molecular weight is 580 g/mol. The molecule has 0 saturated carbocycles. The van der Waals surface area contributed by atoms with E-state index >= 15 is 0 Å². The molecule has 0 aliphatic carbocycles. The Balaban J connectivity index is 0.963. The van der Waals surface area contributed by atoms with Gasteiger partial charge in [0, 0.05) is 86.1 Å². The number of piperazine rings is 1. The van der Waals surface area contributed by atoms with Gasteiger partial charge < -0.3 is 19.1 Å². The Bertz CT molecular complexity index is 1640. The number of ether oxygens (including phenoxy) is 3. The molecule has 4 unspecified atom stereocenters. The number of nitriles is 1. The van der Waals surface area contributed by atoms with Crippen LogP contribution in [0.5, 0.6) is 11.6 Å². The van der Waals surface area contributed by atoms with Gasteiger partial charge in [-0.2, -0.15) is 10.4 Å². The topological polar surface area (TPSA) is 117 Å². The van der Waals surface area contributed by atoms with E-state index in [1.165, 1.54) is 18.4 Å². The predicted molar refractivity (Wildman–Crippen MR) is 157 cm³/mol. The normalized spacial score (nSPS) is 24.7. The highest BCUT2D eigenvalue weighted by Crippen LogP contribution is 2.36. The van der Waals surface area contributed by atoms with Crippen molar-refractivity contribution in [3.05, 3.63) is 60.3 Å². The number of fused-ring (bicyclic) bond motifs is 5. The molecule has 12 heteroatoms. The lowest BCUT2D eigenvalue weighted by atomic mass is 9.87. The maximum atomic E-state index is 9.76. The fourth-order valence-corrected chi connectivity index (χ4v) is 7.09. The summed E-state index contributed by atoms with van der Waals surface area (Å²) in [5.74, 6) is 2.06. The molecule has 5 fully saturated rings. The first-order valence-electron chi connectivity index (χ1n) is 14.9. The Morgan fingerprint density at radius 2 is 1.77 bits per heavy atom. The monoisotopic (exact) mass is 579 g/mol. The molecule has 4 atom stereocenters. The van der Waals surface area contributed by atoms with Crippen LogP contribution in [0.2, 0.25) is 0 Å². The maximum absolute atomic E-state index is 9.76. The summed E-state index contributed by atoms with van der Waals surface area (Å²) in [4.78, 5) is 21.2. The molecule has 9 heterocycles. The van der Waals surface area contributed by atoms with Gasteiger partial charge in [0.1, 0.15) is 18.4 Å². The molecular formula is C31H33N9O3. The summed E-state index contributed by atoms with van der Waals surface area (Å²) in [6.07, 6.45) is 11.4. The van der Waals surface area contributed by atoms with E-state index in [0.29, 0.717) is 48.0 Å². The van der Waals surface area contributed by atoms with Crippen molar-refractivity contribution in [1.82, 2.24) is 34.4 Å². The predicted octanol–water partition coefficient (Wildman–Crippen LogP) is 2.38. The number of aromatic nitrogens is 5. The van der Waals surface area contributed by atoms with Crippen LogP contribution in [0.4, 0.5) is 5.95 Å². The van der Waals surface area contributed by atoms with E-state index in [0.717, 1.165) is 62.0 Å². The molecule has 43 heavy (non-hydrogen) atoms. The number of hydrogen-bond acceptors (Lipinski definition) is 11. The smallest absolute Gasteiger partial charge is 0.225 e. The molecule has 5 aliphatic rings. The largest absolute Gasteiger partial charge is 0.491 e. The van der Waals surface area contributed by atoms with E-state index < -0.39 is 0 Å². The molecule has 12 nitrogen and oxygen atoms in total. The first kappa shape index (κ1) is 26.3. The second-order valence-electron chi connectivity index (χ2n) is 11.8. The molecule has 5 saturated heterocycles. The van der Waals surface area contributed by atoms with Crippen molar-refractivity contribution < 1.29 is 14.2 Å². The zero-order valence-corrected chi connectivity index (χ0v) is 24.0. The van der Waals surface area contributed by atoms with Crippen LogP contribution >= 0.6 is 0 Å². The minimum Gasteiger partial charge on any atom is -0.491 e. The van der Waals surface area contributed by atoms with Crippen LogP contribution in [0.15, 0.2) is 49.2 Å². The zero-order valence-electron chi connectivity index (χ0n) is 24.0. The Kier molecular flexibility index (Phi) is 6.58. The third-order valence-electron chi connectivity index (χ3n) is 9.38. The number of rotatable bonds is 9. The van der Waals surface area contributed by atoms with Crippen LogP contribution in [-0.4, -0.2) is 105 Å². The van der Waals surface area contributed by atoms with Gasteiger partial charge in [0.25, 0.3) is 0 Å². The van der Waals surface area contributed by atoms with Crippen LogP contribution in [0.25, 0.3) is 16.6 Å². The molecule has 0 N–H and O–H groups in total. The highest BCUT2D eigenvalue weighted by Gasteiger charge is 2.45. The molecule has 0 amide bonds. The van der Waals surface area contributed by atoms with E-state index in [2.05, 4.69) is 36.9 Å². The standard InChI is InChI=1S/C31H33N9O3/c1-41-29-3-2-20(10-33-29)14-39-23-6-24(39)16-37(15-23)31-34-11-22(12-35-31)28-8-27(17-40-30(28)21(9-32)13-36-40)43-5-4-38-25-7-26(38)19-42-18-25/h2-3,8,10-13,17,23-26H,4-7,14-16,18-19H2,1H3. The summed E-state index contributed by atoms with van der Waals surface area (Å²) < 4.78 is 18.7. The van der Waals surface area contributed by atoms with E-state index in [1.807, 2.05) is 36.9 Å². The van der Waals surface area contributed by atoms with Gasteiger partial charge in [-0.15, -0.1) is 0 Å². The van der Waals surface area contributed by atoms with Crippen molar-refractivity contribution in [3.8, 4) is 28.8 Å². The van der Waals surface area contributed by atoms with Crippen LogP contribution in [-0.2, 0) is 11.3 Å². The van der Waals surface area contributed by atoms with Crippen molar-refractivity contribution >= 4 is 11.5 Å². The number of pyridine rings is 2. The fraction of sp³-hybridized carbons (Fsp3) is 0.452. The fourth-order valence-electron chi connectivity index (χ4n) is 7.09. The van der Waals surface area contributed by atoms with Crippen molar-refractivity contribution in [2.24, 2.45) is 0 Å². The zero-order chi connectivity index (χ0) is 28.9. The minimum absolute atomic E-state index is 0.464. The number of piperidine rings is 1. The van der Waals surface area contributed by atoms with Gasteiger partial charge in [0.05, 0.1) is 43.8 Å². The first-order valence-corrected chi connectivity index (χ1v) is 14.9. The molecule has 9 rings (SSSR count). The third-order valence-corrected chi connectivity index (χ3v) is 9.38. The summed E-state index contributed by atoms with van der Waals surface area (Å²) in [6.45, 7) is 5.71. The Labute approximate surface area is 249 Å². The molecule has 5 aliphatic heterocycles. The molecule has 0 aromatic carbocycles. The van der Waals surface area contributed by atoms with Gasteiger partial charge in [-0.3, -0.25) is 9.80 Å². The van der Waals surface area contributed by atoms with Gasteiger partial charge in [0.2, 0.25) is 11.8 Å². The van der Waals surface area contributed by atoms with E-state index in [-0.39, 0.29) is 0 Å². The lowest BCUT2D eigenvalue weighted by Gasteiger charge is -2.56. The third kappa shape index (κ3) is 4.74. The van der Waals surface area contributed by atoms with E-state index in [9.17, 15) is 5.26 Å². The van der Waals surface area contributed by atoms with Gasteiger partial charge in [-0.05, 0) is 24.5 Å². The number of anilines is 1. The Morgan fingerprint density at radius 3 is 2.47 bits per heavy atom. The highest BCUT2D eigenvalue weighted by atomic mass is 16.5. The second kappa shape index (κ2) is 10.8. The summed E-state index contributed by atoms with van der Waals surface area (Å²) in [6, 6.07) is 10.2. The maximum Gasteiger partial charge on any atom is 0.225 e. The number of morpholine rings is 1. The second-order valence-corrected chi connectivity index (χ2v) is 11.8. The van der Waals surface area contributed by atoms with Crippen molar-refractivity contribution in [3.63, 3.8) is 0 Å². The number of hydrogen-bond donors (Lipinski definition) is 0. The minimum atomic E-state index is 0.464. The van der Waals surface area contributed by atoms with Crippen LogP contribution in [0.1, 0.15) is 24.0 Å². The SMILES string of the molecule is COc1ccc(CN2C3CC2CN(c2ncc(-c4cc(OCCN5C6COCC5C6)cn5ncc(C#N)c45)cn2)C3)cn1. The quantitative estimate of drug-likeness (QED) is 0.291. The summed E-state index contributed by atoms with van der Waals surface area (Å²) in [7, 11) is 1.63. The molecule has 4 bridgehead atoms. The molecule has 0 radical (unpaired) electrons. The molecular weight excluding hydrogens is 546 g/mol. The van der Waals surface area contributed by atoms with E-state index in [4.69, 9.17) is 24.2 Å². The summed E-state index contributed by atoms with van der Waals surface area (Å²) >= 11 is 0. The lowest BCUT2D eigenvalue weighted by Crippen LogP contribution is -2.68. The van der Waals surface area contributed by atoms with Crippen LogP contribution in [0, 0.1) is 11.3 Å². The van der Waals surface area contributed by atoms with Gasteiger partial charge in [-0.25, -0.2) is 19.5 Å². The highest BCUT2D eigenvalue weighted by molar-refractivity contribution is 5.84. The number of methoxy groups -OCH3 is 1. The number of nitrogens with zero attached hydrogens (tertiary/aromatic N) is 9. The molecule has 4 aromatic heterocycles. The van der Waals surface area contributed by atoms with Crippen LogP contribution < -0.4 is 14.4 Å². The molecule has 220 valence electrons. The average Bonchev–Trinajstić information content (AvgIpc) is 3.49. The molecule has 4 aromatic rings. The van der Waals surface area contributed by atoms with Crippen LogP contribution in [0.3, 0.4) is 0 Å². The first-order chi connectivity index (χ1) is 21.2. The summed E-state index contributed by atoms with van der Waals surface area (Å²) in [5, 5.41) is 14.2. The Morgan fingerprint density at radius 1 is 0.977 bits per heavy atom. The Hall–Kier alpha value is -4.31. The van der Waals surface area contributed by atoms with Crippen molar-refractivity contribution in [1.29, 1.82) is 5.26 Å². The van der Waals surface area contributed by atoms with Crippen molar-refractivity contribution in [2.45, 2.75) is 43.6 Å². The van der Waals surface area contributed by atoms with Gasteiger partial charge in [0.15, 0.2) is 0 Å². The van der Waals surface area contributed by atoms with Gasteiger partial charge >= 0.3 is 0 Å². The summed E-state index contributed by atoms with van der Waals surface area (Å²) in [5.41, 5.74) is 4.07. The lowest BCUT2D eigenvalue weighted by molar-refractivity contribution is -0.129. The van der Waals surface area contributed by atoms with Gasteiger partial charge in [-0.1, -0.05) is 6.07 Å². The van der Waals surface area contributed by atoms with E-state index in [1.54, 1.807) is 17.8 Å².